The Morgan fingerprint density at radius 3 is 2.71 bits per heavy atom. The predicted molar refractivity (Wildman–Crippen MR) is 96.5 cm³/mol. The fourth-order valence-corrected chi connectivity index (χ4v) is 3.13. The molecule has 8 heteroatoms. The van der Waals surface area contributed by atoms with Gasteiger partial charge in [0.05, 0.1) is 21.2 Å². The lowest BCUT2D eigenvalue weighted by atomic mass is 10.2. The van der Waals surface area contributed by atoms with Crippen LogP contribution in [0.5, 0.6) is 0 Å². The molecule has 0 saturated heterocycles. The number of halogens is 2. The summed E-state index contributed by atoms with van der Waals surface area (Å²) in [5, 5.41) is 4.54. The van der Waals surface area contributed by atoms with Crippen molar-refractivity contribution < 1.29 is 4.39 Å². The first-order chi connectivity index (χ1) is 11.6. The molecule has 0 aromatic carbocycles. The van der Waals surface area contributed by atoms with Crippen molar-refractivity contribution in [1.82, 2.24) is 24.6 Å². The molecule has 0 bridgehead atoms. The molecule has 0 radical (unpaired) electrons. The minimum absolute atomic E-state index is 0.381. The number of pyridine rings is 2. The van der Waals surface area contributed by atoms with Gasteiger partial charge >= 0.3 is 0 Å². The fourth-order valence-electron chi connectivity index (χ4n) is 2.36. The lowest BCUT2D eigenvalue weighted by molar-refractivity contribution is 0.622. The molecule has 0 aliphatic heterocycles. The summed E-state index contributed by atoms with van der Waals surface area (Å²) in [6.45, 7) is 0. The average Bonchev–Trinajstić information content (AvgIpc) is 2.92. The molecule has 6 nitrogen and oxygen atoms in total. The van der Waals surface area contributed by atoms with Gasteiger partial charge in [0.1, 0.15) is 17.3 Å². The summed E-state index contributed by atoms with van der Waals surface area (Å²) < 4.78 is 15.6. The molecule has 0 aliphatic rings. The highest BCUT2D eigenvalue weighted by molar-refractivity contribution is 14.1. The van der Waals surface area contributed by atoms with Crippen LogP contribution in [0, 0.1) is 9.39 Å². The van der Waals surface area contributed by atoms with Gasteiger partial charge in [0.15, 0.2) is 5.65 Å². The first-order valence-corrected chi connectivity index (χ1v) is 8.09. The minimum atomic E-state index is -0.381. The Labute approximate surface area is 149 Å². The number of hydrogen-bond acceptors (Lipinski definition) is 5. The van der Waals surface area contributed by atoms with Crippen molar-refractivity contribution in [2.75, 3.05) is 5.73 Å². The molecule has 0 amide bonds. The Balaban J connectivity index is 1.88. The van der Waals surface area contributed by atoms with E-state index in [1.165, 1.54) is 12.3 Å². The highest BCUT2D eigenvalue weighted by Gasteiger charge is 2.16. The Kier molecular flexibility index (Phi) is 3.60. The van der Waals surface area contributed by atoms with Crippen LogP contribution in [0.4, 0.5) is 10.2 Å². The standard InChI is InChI=1S/C16H10FIN6/c17-9-3-4-11(21-8-9)12-5-7-24-16(22-12)13(18)14(23-24)10-2-1-6-20-15(10)19/h1-8H,(H2,19,20). The Morgan fingerprint density at radius 2 is 1.96 bits per heavy atom. The number of nitrogen functional groups attached to an aromatic ring is 1. The number of hydrogen-bond donors (Lipinski definition) is 1. The molecule has 2 N–H and O–H groups in total. The van der Waals surface area contributed by atoms with Crippen molar-refractivity contribution in [3.8, 4) is 22.6 Å². The van der Waals surface area contributed by atoms with Crippen LogP contribution in [0.25, 0.3) is 28.3 Å². The van der Waals surface area contributed by atoms with E-state index in [0.29, 0.717) is 22.9 Å². The van der Waals surface area contributed by atoms with Gasteiger partial charge in [0.2, 0.25) is 0 Å². The van der Waals surface area contributed by atoms with Crippen LogP contribution in [-0.4, -0.2) is 24.6 Å². The lowest BCUT2D eigenvalue weighted by Gasteiger charge is -2.01. The SMILES string of the molecule is Nc1ncccc1-c1nn2ccc(-c3ccc(F)cn3)nc2c1I. The largest absolute Gasteiger partial charge is 0.383 e. The summed E-state index contributed by atoms with van der Waals surface area (Å²) in [6, 6.07) is 8.42. The van der Waals surface area contributed by atoms with Crippen LogP contribution >= 0.6 is 22.6 Å². The van der Waals surface area contributed by atoms with E-state index in [2.05, 4.69) is 42.6 Å². The summed E-state index contributed by atoms with van der Waals surface area (Å²) in [7, 11) is 0. The van der Waals surface area contributed by atoms with Gasteiger partial charge in [0.25, 0.3) is 0 Å². The maximum atomic E-state index is 13.0. The van der Waals surface area contributed by atoms with Crippen molar-refractivity contribution >= 4 is 34.1 Å². The lowest BCUT2D eigenvalue weighted by Crippen LogP contribution is -1.94. The second-order valence-corrected chi connectivity index (χ2v) is 6.12. The molecule has 24 heavy (non-hydrogen) atoms. The van der Waals surface area contributed by atoms with Crippen LogP contribution in [0.15, 0.2) is 48.9 Å². The Morgan fingerprint density at radius 1 is 1.08 bits per heavy atom. The second-order valence-electron chi connectivity index (χ2n) is 5.04. The molecule has 0 spiro atoms. The smallest absolute Gasteiger partial charge is 0.169 e. The number of nitrogens with two attached hydrogens (primary N) is 1. The van der Waals surface area contributed by atoms with E-state index >= 15 is 0 Å². The highest BCUT2D eigenvalue weighted by Crippen LogP contribution is 2.30. The molecular weight excluding hydrogens is 422 g/mol. The molecule has 0 aliphatic carbocycles. The zero-order chi connectivity index (χ0) is 16.7. The van der Waals surface area contributed by atoms with Gasteiger partial charge in [-0.1, -0.05) is 0 Å². The Hall–Kier alpha value is -2.62. The average molecular weight is 432 g/mol. The first-order valence-electron chi connectivity index (χ1n) is 7.01. The molecule has 4 heterocycles. The molecule has 0 unspecified atom stereocenters. The molecule has 0 saturated carbocycles. The molecule has 4 aromatic heterocycles. The molecule has 0 fully saturated rings. The molecule has 4 aromatic rings. The van der Waals surface area contributed by atoms with Crippen LogP contribution < -0.4 is 5.73 Å². The third-order valence-electron chi connectivity index (χ3n) is 3.51. The van der Waals surface area contributed by atoms with E-state index in [1.54, 1.807) is 29.0 Å². The molecule has 4 rings (SSSR count). The van der Waals surface area contributed by atoms with Crippen LogP contribution in [0.2, 0.25) is 0 Å². The number of anilines is 1. The second kappa shape index (κ2) is 5.78. The van der Waals surface area contributed by atoms with E-state index in [0.717, 1.165) is 14.8 Å². The van der Waals surface area contributed by atoms with Gasteiger partial charge in [0, 0.05) is 18.0 Å². The topological polar surface area (TPSA) is 82.0 Å². The quantitative estimate of drug-likeness (QED) is 0.493. The molecule has 118 valence electrons. The first kappa shape index (κ1) is 14.9. The molecular formula is C16H10FIN6. The normalized spacial score (nSPS) is 11.1. The van der Waals surface area contributed by atoms with Crippen molar-refractivity contribution in [1.29, 1.82) is 0 Å². The highest BCUT2D eigenvalue weighted by atomic mass is 127. The zero-order valence-corrected chi connectivity index (χ0v) is 14.3. The minimum Gasteiger partial charge on any atom is -0.383 e. The van der Waals surface area contributed by atoms with E-state index in [1.807, 2.05) is 12.1 Å². The third-order valence-corrected chi connectivity index (χ3v) is 4.51. The molecule has 0 atom stereocenters. The van der Waals surface area contributed by atoms with Crippen molar-refractivity contribution in [3.05, 3.63) is 58.3 Å². The summed E-state index contributed by atoms with van der Waals surface area (Å²) in [5.41, 5.74) is 9.35. The number of fused-ring (bicyclic) bond motifs is 1. The maximum absolute atomic E-state index is 13.0. The summed E-state index contributed by atoms with van der Waals surface area (Å²) >= 11 is 2.19. The van der Waals surface area contributed by atoms with Gasteiger partial charge in [-0.3, -0.25) is 4.98 Å². The third kappa shape index (κ3) is 2.48. The summed E-state index contributed by atoms with van der Waals surface area (Å²) in [5.74, 6) is 0.0346. The van der Waals surface area contributed by atoms with E-state index in [4.69, 9.17) is 5.73 Å². The zero-order valence-electron chi connectivity index (χ0n) is 12.2. The van der Waals surface area contributed by atoms with Crippen LogP contribution in [0.1, 0.15) is 0 Å². The number of nitrogens with zero attached hydrogens (tertiary/aromatic N) is 5. The number of rotatable bonds is 2. The van der Waals surface area contributed by atoms with Gasteiger partial charge in [-0.15, -0.1) is 0 Å². The predicted octanol–water partition coefficient (Wildman–Crippen LogP) is 3.18. The van der Waals surface area contributed by atoms with Crippen molar-refractivity contribution in [2.45, 2.75) is 0 Å². The van der Waals surface area contributed by atoms with Crippen molar-refractivity contribution in [3.63, 3.8) is 0 Å². The van der Waals surface area contributed by atoms with Gasteiger partial charge in [-0.05, 0) is 52.9 Å². The summed E-state index contributed by atoms with van der Waals surface area (Å²) in [4.78, 5) is 12.8. The van der Waals surface area contributed by atoms with Crippen LogP contribution in [0.3, 0.4) is 0 Å². The van der Waals surface area contributed by atoms with Gasteiger partial charge in [-0.25, -0.2) is 18.9 Å². The van der Waals surface area contributed by atoms with E-state index < -0.39 is 0 Å². The van der Waals surface area contributed by atoms with Crippen LogP contribution in [-0.2, 0) is 0 Å². The summed E-state index contributed by atoms with van der Waals surface area (Å²) in [6.07, 6.45) is 4.60. The van der Waals surface area contributed by atoms with Gasteiger partial charge < -0.3 is 5.73 Å². The van der Waals surface area contributed by atoms with Gasteiger partial charge in [-0.2, -0.15) is 5.10 Å². The Bertz CT molecular complexity index is 1040. The monoisotopic (exact) mass is 432 g/mol. The van der Waals surface area contributed by atoms with E-state index in [9.17, 15) is 4.39 Å². The number of aromatic nitrogens is 5. The maximum Gasteiger partial charge on any atom is 0.169 e. The van der Waals surface area contributed by atoms with Crippen molar-refractivity contribution in [2.24, 2.45) is 0 Å². The fraction of sp³-hybridized carbons (Fsp3) is 0. The van der Waals surface area contributed by atoms with E-state index in [-0.39, 0.29) is 5.82 Å².